The van der Waals surface area contributed by atoms with Gasteiger partial charge in [-0.3, -0.25) is 9.69 Å². The van der Waals surface area contributed by atoms with Crippen LogP contribution < -0.4 is 0 Å². The summed E-state index contributed by atoms with van der Waals surface area (Å²) in [5, 5.41) is 22.2. The highest BCUT2D eigenvalue weighted by atomic mass is 16.6. The monoisotopic (exact) mass is 715 g/mol. The first kappa shape index (κ1) is 40.9. The van der Waals surface area contributed by atoms with Gasteiger partial charge in [-0.25, -0.2) is 9.59 Å². The van der Waals surface area contributed by atoms with Crippen molar-refractivity contribution in [3.05, 3.63) is 36.0 Å². The second-order valence-electron chi connectivity index (χ2n) is 15.9. The van der Waals surface area contributed by atoms with Crippen LogP contribution in [0, 0.1) is 11.8 Å². The highest BCUT2D eigenvalue weighted by molar-refractivity contribution is 5.70. The normalized spacial score (nSPS) is 33.9. The quantitative estimate of drug-likeness (QED) is 0.101. The van der Waals surface area contributed by atoms with Gasteiger partial charge in [-0.1, -0.05) is 63.8 Å². The Balaban J connectivity index is 1.39. The van der Waals surface area contributed by atoms with Gasteiger partial charge in [-0.2, -0.15) is 0 Å². The van der Waals surface area contributed by atoms with Gasteiger partial charge in [0.25, 0.3) is 0 Å². The molecule has 0 aromatic carbocycles. The highest BCUT2D eigenvalue weighted by Gasteiger charge is 2.37. The molecule has 3 aliphatic heterocycles. The van der Waals surface area contributed by atoms with E-state index in [-0.39, 0.29) is 55.9 Å². The van der Waals surface area contributed by atoms with Crippen molar-refractivity contribution in [3.8, 4) is 0 Å². The molecule has 3 heterocycles. The average Bonchev–Trinajstić information content (AvgIpc) is 3.25. The lowest BCUT2D eigenvalue weighted by atomic mass is 9.89. The fourth-order valence-corrected chi connectivity index (χ4v) is 7.91. The third-order valence-electron chi connectivity index (χ3n) is 11.3. The lowest BCUT2D eigenvalue weighted by Crippen LogP contribution is -2.53. The summed E-state index contributed by atoms with van der Waals surface area (Å²) in [5.74, 6) is -0.894. The Morgan fingerprint density at radius 3 is 2.27 bits per heavy atom. The molecule has 3 fully saturated rings. The summed E-state index contributed by atoms with van der Waals surface area (Å²) in [4.78, 5) is 45.0. The summed E-state index contributed by atoms with van der Waals surface area (Å²) in [6, 6.07) is 0.948. The van der Waals surface area contributed by atoms with Gasteiger partial charge in [0.15, 0.2) is 6.10 Å². The summed E-state index contributed by atoms with van der Waals surface area (Å²) in [5.41, 5.74) is -0.690. The van der Waals surface area contributed by atoms with E-state index in [9.17, 15) is 24.6 Å². The molecule has 0 aromatic heterocycles. The number of ether oxygens (including phenoxy) is 3. The number of carbonyl (C=O) groups is 3. The molecule has 0 bridgehead atoms. The van der Waals surface area contributed by atoms with E-state index in [1.807, 2.05) is 63.8 Å². The molecule has 2 saturated heterocycles. The maximum Gasteiger partial charge on any atom is 0.410 e. The Hall–Kier alpha value is -2.89. The van der Waals surface area contributed by atoms with Crippen molar-refractivity contribution in [2.75, 3.05) is 32.8 Å². The molecule has 11 nitrogen and oxygen atoms in total. The number of hydrogen-bond acceptors (Lipinski definition) is 9. The summed E-state index contributed by atoms with van der Waals surface area (Å²) in [6.07, 6.45) is 15.4. The van der Waals surface area contributed by atoms with E-state index in [2.05, 4.69) is 4.90 Å². The number of cyclic esters (lactones) is 1. The second kappa shape index (κ2) is 19.3. The zero-order valence-corrected chi connectivity index (χ0v) is 32.0. The Morgan fingerprint density at radius 2 is 1.63 bits per heavy atom. The van der Waals surface area contributed by atoms with E-state index in [0.717, 1.165) is 31.5 Å². The highest BCUT2D eigenvalue weighted by Crippen LogP contribution is 2.29. The number of likely N-dealkylation sites (tertiary alicyclic amines) is 1. The number of piperazine rings is 1. The lowest BCUT2D eigenvalue weighted by Gasteiger charge is -2.40. The SMILES string of the molecule is C/C(=C\C=C\[C@@H](C)COC(=O)N1[C@H](C)CC[C@H]1C)[C@H]1OC(=O)C[C@H](O)CC[C@@](C)(O)[C@@H](OC(=O)N2CCN(C3CCCCCC3)CC2)/C=C\[C@@H]1C. The molecule has 0 spiro atoms. The molecule has 1 saturated carbocycles. The van der Waals surface area contributed by atoms with Crippen molar-refractivity contribution in [3.63, 3.8) is 0 Å². The van der Waals surface area contributed by atoms with Crippen LogP contribution in [0.2, 0.25) is 0 Å². The maximum absolute atomic E-state index is 13.5. The molecule has 2 amide bonds. The van der Waals surface area contributed by atoms with Crippen LogP contribution in [0.3, 0.4) is 0 Å². The standard InChI is InChI=1S/C40H65N3O8/c1-28(27-49-39(47)43-31(4)17-18-32(43)5)12-11-13-29(2)37-30(3)16-19-35(40(6,48)21-20-34(44)26-36(45)51-37)50-38(46)42-24-22-41(23-25-42)33-14-9-7-8-10-15-33/h11-13,16,19,28,30-35,37,44,48H,7-10,14-15,17-18,20-27H2,1-6H3/b12-11+,19-16-,29-13+/t28-,30+,31-,32-,34-,35+,37-,40-/m1/s1. The molecule has 11 heteroatoms. The van der Waals surface area contributed by atoms with Gasteiger partial charge in [0, 0.05) is 56.1 Å². The molecule has 2 N–H and O–H groups in total. The number of nitrogens with zero attached hydrogens (tertiary/aromatic N) is 3. The van der Waals surface area contributed by atoms with Gasteiger partial charge in [0.2, 0.25) is 0 Å². The molecule has 4 aliphatic rings. The van der Waals surface area contributed by atoms with Gasteiger partial charge < -0.3 is 34.2 Å². The Kier molecular flexibility index (Phi) is 15.4. The lowest BCUT2D eigenvalue weighted by molar-refractivity contribution is -0.151. The molecule has 1 aliphatic carbocycles. The zero-order chi connectivity index (χ0) is 37.1. The van der Waals surface area contributed by atoms with Gasteiger partial charge in [-0.05, 0) is 77.9 Å². The van der Waals surface area contributed by atoms with Crippen molar-refractivity contribution in [2.45, 2.75) is 154 Å². The second-order valence-corrected chi connectivity index (χ2v) is 15.9. The molecular formula is C40H65N3O8. The van der Waals surface area contributed by atoms with Gasteiger partial charge in [-0.15, -0.1) is 0 Å². The van der Waals surface area contributed by atoms with Crippen molar-refractivity contribution in [1.29, 1.82) is 0 Å². The molecule has 0 unspecified atom stereocenters. The minimum absolute atomic E-state index is 0.0324. The Labute approximate surface area is 306 Å². The third-order valence-corrected chi connectivity index (χ3v) is 11.3. The molecule has 0 radical (unpaired) electrons. The maximum atomic E-state index is 13.5. The van der Waals surface area contributed by atoms with Crippen LogP contribution in [0.4, 0.5) is 9.59 Å². The van der Waals surface area contributed by atoms with Gasteiger partial charge >= 0.3 is 18.2 Å². The smallest absolute Gasteiger partial charge is 0.410 e. The van der Waals surface area contributed by atoms with Gasteiger partial charge in [0.05, 0.1) is 19.1 Å². The van der Waals surface area contributed by atoms with E-state index in [1.54, 1.807) is 17.9 Å². The third kappa shape index (κ3) is 12.1. The minimum atomic E-state index is -1.47. The van der Waals surface area contributed by atoms with Crippen LogP contribution in [0.25, 0.3) is 0 Å². The van der Waals surface area contributed by atoms with Crippen LogP contribution in [0.1, 0.15) is 112 Å². The summed E-state index contributed by atoms with van der Waals surface area (Å²) < 4.78 is 17.5. The Bertz CT molecular complexity index is 1220. The topological polar surface area (TPSA) is 129 Å². The number of amides is 2. The molecule has 8 atom stereocenters. The number of esters is 1. The molecule has 51 heavy (non-hydrogen) atoms. The number of hydrogen-bond donors (Lipinski definition) is 2. The number of carbonyl (C=O) groups excluding carboxylic acids is 3. The summed E-state index contributed by atoms with van der Waals surface area (Å²) in [7, 11) is 0. The molecule has 4 rings (SSSR count). The minimum Gasteiger partial charge on any atom is -0.457 e. The average molecular weight is 716 g/mol. The van der Waals surface area contributed by atoms with E-state index >= 15 is 0 Å². The van der Waals surface area contributed by atoms with Crippen molar-refractivity contribution < 1.29 is 38.8 Å². The van der Waals surface area contributed by atoms with Crippen LogP contribution >= 0.6 is 0 Å². The summed E-state index contributed by atoms with van der Waals surface area (Å²) in [6.45, 7) is 14.5. The Morgan fingerprint density at radius 1 is 0.980 bits per heavy atom. The molecule has 288 valence electrons. The number of aliphatic hydroxyl groups is 2. The van der Waals surface area contributed by atoms with Crippen molar-refractivity contribution in [1.82, 2.24) is 14.7 Å². The van der Waals surface area contributed by atoms with Crippen LogP contribution in [0.5, 0.6) is 0 Å². The fourth-order valence-electron chi connectivity index (χ4n) is 7.91. The molecular weight excluding hydrogens is 650 g/mol. The first-order chi connectivity index (χ1) is 24.2. The predicted molar refractivity (Wildman–Crippen MR) is 197 cm³/mol. The zero-order valence-electron chi connectivity index (χ0n) is 32.0. The molecule has 0 aromatic rings. The van der Waals surface area contributed by atoms with E-state index in [0.29, 0.717) is 19.1 Å². The fraction of sp³-hybridized carbons (Fsp3) is 0.775. The van der Waals surface area contributed by atoms with Crippen LogP contribution in [-0.2, 0) is 19.0 Å². The number of allylic oxidation sites excluding steroid dienone is 2. The van der Waals surface area contributed by atoms with E-state index in [4.69, 9.17) is 14.2 Å². The number of aliphatic hydroxyl groups excluding tert-OH is 1. The first-order valence-corrected chi connectivity index (χ1v) is 19.5. The predicted octanol–water partition coefficient (Wildman–Crippen LogP) is 6.38. The summed E-state index contributed by atoms with van der Waals surface area (Å²) >= 11 is 0. The van der Waals surface area contributed by atoms with Crippen LogP contribution in [-0.4, -0.2) is 118 Å². The van der Waals surface area contributed by atoms with Crippen LogP contribution in [0.15, 0.2) is 36.0 Å². The van der Waals surface area contributed by atoms with Gasteiger partial charge in [0.1, 0.15) is 11.7 Å². The number of rotatable bonds is 7. The largest absolute Gasteiger partial charge is 0.457 e. The first-order valence-electron chi connectivity index (χ1n) is 19.5. The van der Waals surface area contributed by atoms with Crippen molar-refractivity contribution in [2.24, 2.45) is 11.8 Å². The van der Waals surface area contributed by atoms with E-state index in [1.165, 1.54) is 38.5 Å². The van der Waals surface area contributed by atoms with Crippen molar-refractivity contribution >= 4 is 18.2 Å². The van der Waals surface area contributed by atoms with E-state index < -0.39 is 36.0 Å².